The molecule has 0 saturated heterocycles. The van der Waals surface area contributed by atoms with E-state index in [-0.39, 0.29) is 18.4 Å². The van der Waals surface area contributed by atoms with Gasteiger partial charge in [-0.3, -0.25) is 9.59 Å². The van der Waals surface area contributed by atoms with Gasteiger partial charge >= 0.3 is 0 Å². The Labute approximate surface area is 131 Å². The van der Waals surface area contributed by atoms with Gasteiger partial charge in [-0.15, -0.1) is 0 Å². The molecule has 1 saturated carbocycles. The molecule has 0 atom stereocenters. The number of aryl methyl sites for hydroxylation is 1. The lowest BCUT2D eigenvalue weighted by Gasteiger charge is -2.07. The van der Waals surface area contributed by atoms with Crippen LogP contribution in [0.1, 0.15) is 35.2 Å². The Bertz CT molecular complexity index is 495. The van der Waals surface area contributed by atoms with E-state index in [1.165, 1.54) is 12.8 Å². The highest BCUT2D eigenvalue weighted by atomic mass is 16.5. The fourth-order valence-corrected chi connectivity index (χ4v) is 1.97. The molecule has 22 heavy (non-hydrogen) atoms. The number of rotatable bonds is 9. The molecule has 1 aliphatic rings. The van der Waals surface area contributed by atoms with E-state index in [1.54, 1.807) is 12.1 Å². The van der Waals surface area contributed by atoms with Crippen molar-refractivity contribution < 1.29 is 14.3 Å². The zero-order valence-electron chi connectivity index (χ0n) is 13.1. The van der Waals surface area contributed by atoms with Crippen LogP contribution in [0.25, 0.3) is 0 Å². The molecule has 0 radical (unpaired) electrons. The standard InChI is InChI=1S/C17H24N2O3/c1-13-3-7-15(8-4-13)17(21)19-11-16(20)18-9-2-10-22-12-14-5-6-14/h3-4,7-8,14H,2,5-6,9-12H2,1H3,(H,18,20)(H,19,21). The first-order valence-electron chi connectivity index (χ1n) is 7.84. The Hall–Kier alpha value is -1.88. The topological polar surface area (TPSA) is 67.4 Å². The largest absolute Gasteiger partial charge is 0.381 e. The monoisotopic (exact) mass is 304 g/mol. The van der Waals surface area contributed by atoms with Gasteiger partial charge in [0.2, 0.25) is 5.91 Å². The van der Waals surface area contributed by atoms with Crippen molar-refractivity contribution in [1.29, 1.82) is 0 Å². The van der Waals surface area contributed by atoms with Crippen molar-refractivity contribution in [3.63, 3.8) is 0 Å². The summed E-state index contributed by atoms with van der Waals surface area (Å²) in [4.78, 5) is 23.5. The Morgan fingerprint density at radius 1 is 1.18 bits per heavy atom. The Kier molecular flexibility index (Phi) is 6.40. The molecule has 0 spiro atoms. The van der Waals surface area contributed by atoms with Crippen LogP contribution in [0.15, 0.2) is 24.3 Å². The summed E-state index contributed by atoms with van der Waals surface area (Å²) in [7, 11) is 0. The fourth-order valence-electron chi connectivity index (χ4n) is 1.97. The first-order chi connectivity index (χ1) is 10.6. The smallest absolute Gasteiger partial charge is 0.251 e. The van der Waals surface area contributed by atoms with Crippen LogP contribution >= 0.6 is 0 Å². The summed E-state index contributed by atoms with van der Waals surface area (Å²) in [5.41, 5.74) is 1.66. The summed E-state index contributed by atoms with van der Waals surface area (Å²) in [5.74, 6) is 0.358. The van der Waals surface area contributed by atoms with E-state index in [2.05, 4.69) is 10.6 Å². The summed E-state index contributed by atoms with van der Waals surface area (Å²) in [6, 6.07) is 7.24. The Balaban J connectivity index is 1.52. The number of carbonyl (C=O) groups excluding carboxylic acids is 2. The number of hydrogen-bond donors (Lipinski definition) is 2. The minimum Gasteiger partial charge on any atom is -0.381 e. The predicted molar refractivity (Wildman–Crippen MR) is 84.7 cm³/mol. The average molecular weight is 304 g/mol. The molecular formula is C17H24N2O3. The van der Waals surface area contributed by atoms with Crippen molar-refractivity contribution in [2.75, 3.05) is 26.3 Å². The molecule has 1 fully saturated rings. The van der Waals surface area contributed by atoms with E-state index in [0.717, 1.165) is 24.5 Å². The lowest BCUT2D eigenvalue weighted by atomic mass is 10.1. The highest BCUT2D eigenvalue weighted by molar-refractivity contribution is 5.96. The molecule has 120 valence electrons. The van der Waals surface area contributed by atoms with E-state index in [9.17, 15) is 9.59 Å². The molecule has 1 aliphatic carbocycles. The van der Waals surface area contributed by atoms with Gasteiger partial charge in [-0.1, -0.05) is 17.7 Å². The van der Waals surface area contributed by atoms with Gasteiger partial charge in [0.05, 0.1) is 6.54 Å². The molecular weight excluding hydrogens is 280 g/mol. The highest BCUT2D eigenvalue weighted by Gasteiger charge is 2.20. The SMILES string of the molecule is Cc1ccc(C(=O)NCC(=O)NCCCOCC2CC2)cc1. The Morgan fingerprint density at radius 3 is 2.59 bits per heavy atom. The van der Waals surface area contributed by atoms with Gasteiger partial charge < -0.3 is 15.4 Å². The molecule has 0 bridgehead atoms. The van der Waals surface area contributed by atoms with Crippen molar-refractivity contribution >= 4 is 11.8 Å². The molecule has 2 amide bonds. The lowest BCUT2D eigenvalue weighted by Crippen LogP contribution is -2.37. The van der Waals surface area contributed by atoms with Crippen molar-refractivity contribution in [2.24, 2.45) is 5.92 Å². The second-order valence-electron chi connectivity index (χ2n) is 5.77. The van der Waals surface area contributed by atoms with Gasteiger partial charge in [-0.25, -0.2) is 0 Å². The van der Waals surface area contributed by atoms with Crippen molar-refractivity contribution in [2.45, 2.75) is 26.2 Å². The van der Waals surface area contributed by atoms with E-state index in [0.29, 0.717) is 18.7 Å². The molecule has 1 aromatic carbocycles. The van der Waals surface area contributed by atoms with Gasteiger partial charge in [0.1, 0.15) is 0 Å². The van der Waals surface area contributed by atoms with E-state index >= 15 is 0 Å². The molecule has 5 nitrogen and oxygen atoms in total. The normalized spacial score (nSPS) is 13.7. The van der Waals surface area contributed by atoms with Gasteiger partial charge in [-0.05, 0) is 44.2 Å². The maximum atomic E-state index is 11.8. The average Bonchev–Trinajstić information content (AvgIpc) is 3.33. The summed E-state index contributed by atoms with van der Waals surface area (Å²) < 4.78 is 5.48. The van der Waals surface area contributed by atoms with Crippen molar-refractivity contribution in [3.8, 4) is 0 Å². The predicted octanol–water partition coefficient (Wildman–Crippen LogP) is 1.66. The molecule has 2 N–H and O–H groups in total. The summed E-state index contributed by atoms with van der Waals surface area (Å²) in [6.07, 6.45) is 3.37. The summed E-state index contributed by atoms with van der Waals surface area (Å²) in [6.45, 7) is 4.05. The second-order valence-corrected chi connectivity index (χ2v) is 5.77. The number of hydrogen-bond acceptors (Lipinski definition) is 3. The maximum Gasteiger partial charge on any atom is 0.251 e. The van der Waals surface area contributed by atoms with Gasteiger partial charge in [0.15, 0.2) is 0 Å². The van der Waals surface area contributed by atoms with Crippen LogP contribution in [0.5, 0.6) is 0 Å². The molecule has 0 unspecified atom stereocenters. The quantitative estimate of drug-likeness (QED) is 0.682. The number of nitrogens with one attached hydrogen (secondary N) is 2. The van der Waals surface area contributed by atoms with Crippen LogP contribution in [0.3, 0.4) is 0 Å². The van der Waals surface area contributed by atoms with Crippen molar-refractivity contribution in [3.05, 3.63) is 35.4 Å². The lowest BCUT2D eigenvalue weighted by molar-refractivity contribution is -0.120. The summed E-state index contributed by atoms with van der Waals surface area (Å²) >= 11 is 0. The first-order valence-corrected chi connectivity index (χ1v) is 7.84. The first kappa shape index (κ1) is 16.5. The van der Waals surface area contributed by atoms with Gasteiger partial charge in [0, 0.05) is 25.3 Å². The minimum atomic E-state index is -0.233. The zero-order valence-corrected chi connectivity index (χ0v) is 13.1. The molecule has 5 heteroatoms. The third-order valence-electron chi connectivity index (χ3n) is 3.56. The highest BCUT2D eigenvalue weighted by Crippen LogP contribution is 2.28. The van der Waals surface area contributed by atoms with E-state index < -0.39 is 0 Å². The van der Waals surface area contributed by atoms with Crippen molar-refractivity contribution in [1.82, 2.24) is 10.6 Å². The van der Waals surface area contributed by atoms with Crippen LogP contribution in [-0.4, -0.2) is 38.1 Å². The number of benzene rings is 1. The molecule has 0 aliphatic heterocycles. The van der Waals surface area contributed by atoms with Gasteiger partial charge in [0.25, 0.3) is 5.91 Å². The maximum absolute atomic E-state index is 11.8. The Morgan fingerprint density at radius 2 is 1.91 bits per heavy atom. The van der Waals surface area contributed by atoms with Crippen LogP contribution < -0.4 is 10.6 Å². The molecule has 2 rings (SSSR count). The number of carbonyl (C=O) groups is 2. The minimum absolute atomic E-state index is 0.00432. The third-order valence-corrected chi connectivity index (χ3v) is 3.56. The fraction of sp³-hybridized carbons (Fsp3) is 0.529. The molecule has 1 aromatic rings. The van der Waals surface area contributed by atoms with Crippen LogP contribution in [-0.2, 0) is 9.53 Å². The number of amides is 2. The van der Waals surface area contributed by atoms with E-state index in [4.69, 9.17) is 4.74 Å². The molecule has 0 aromatic heterocycles. The van der Waals surface area contributed by atoms with Gasteiger partial charge in [-0.2, -0.15) is 0 Å². The van der Waals surface area contributed by atoms with Crippen LogP contribution in [0, 0.1) is 12.8 Å². The van der Waals surface area contributed by atoms with Crippen LogP contribution in [0.2, 0.25) is 0 Å². The molecule has 0 heterocycles. The third kappa shape index (κ3) is 6.26. The summed E-state index contributed by atoms with van der Waals surface area (Å²) in [5, 5.41) is 5.38. The van der Waals surface area contributed by atoms with Crippen LogP contribution in [0.4, 0.5) is 0 Å². The second kappa shape index (κ2) is 8.54. The zero-order chi connectivity index (χ0) is 15.8. The van der Waals surface area contributed by atoms with E-state index in [1.807, 2.05) is 19.1 Å². The number of ether oxygens (including phenoxy) is 1.